The molecule has 0 radical (unpaired) electrons. The second kappa shape index (κ2) is 14.2. The molecule has 0 saturated carbocycles. The molecule has 48 heavy (non-hydrogen) atoms. The lowest BCUT2D eigenvalue weighted by Gasteiger charge is -2.31. The van der Waals surface area contributed by atoms with Gasteiger partial charge in [-0.3, -0.25) is 4.57 Å². The van der Waals surface area contributed by atoms with E-state index in [4.69, 9.17) is 14.2 Å². The number of ether oxygens (including phenoxy) is 3. The number of hydrogen-bond acceptors (Lipinski definition) is 9. The molecular weight excluding hydrogens is 672 g/mol. The molecule has 0 spiro atoms. The first-order valence-electron chi connectivity index (χ1n) is 15.3. The highest BCUT2D eigenvalue weighted by Gasteiger charge is 2.35. The number of rotatable bonds is 10. The minimum atomic E-state index is -4.60. The van der Waals surface area contributed by atoms with Crippen molar-refractivity contribution in [1.29, 1.82) is 0 Å². The van der Waals surface area contributed by atoms with Crippen LogP contribution in [0, 0.1) is 5.92 Å². The number of hydrogen-bond donors (Lipinski definition) is 0. The molecule has 4 aromatic rings. The third-order valence-corrected chi connectivity index (χ3v) is 11.3. The van der Waals surface area contributed by atoms with E-state index in [0.29, 0.717) is 54.1 Å². The Morgan fingerprint density at radius 3 is 2.44 bits per heavy atom. The average molecular weight is 708 g/mol. The fourth-order valence-corrected chi connectivity index (χ4v) is 8.36. The molecule has 2 aromatic heterocycles. The van der Waals surface area contributed by atoms with Gasteiger partial charge in [-0.05, 0) is 49.4 Å². The first-order chi connectivity index (χ1) is 22.7. The van der Waals surface area contributed by atoms with E-state index in [0.717, 1.165) is 17.4 Å². The summed E-state index contributed by atoms with van der Waals surface area (Å²) in [7, 11) is -2.39. The molecule has 2 aromatic carbocycles. The lowest BCUT2D eigenvalue weighted by molar-refractivity contribution is -0.139. The van der Waals surface area contributed by atoms with Crippen LogP contribution >= 0.6 is 11.3 Å². The fraction of sp³-hybridized carbons (Fsp3) is 0.424. The van der Waals surface area contributed by atoms with E-state index < -0.39 is 45.0 Å². The summed E-state index contributed by atoms with van der Waals surface area (Å²) < 4.78 is 85.8. The van der Waals surface area contributed by atoms with Crippen LogP contribution in [0.2, 0.25) is 0 Å². The highest BCUT2D eigenvalue weighted by molar-refractivity contribution is 7.91. The molecule has 15 heteroatoms. The predicted octanol–water partition coefficient (Wildman–Crippen LogP) is 7.20. The molecule has 0 aliphatic carbocycles. The zero-order valence-electron chi connectivity index (χ0n) is 26.8. The van der Waals surface area contributed by atoms with E-state index in [1.165, 1.54) is 49.5 Å². The number of esters is 1. The summed E-state index contributed by atoms with van der Waals surface area (Å²) in [6, 6.07) is 11.7. The molecule has 1 saturated heterocycles. The number of nitrogens with zero attached hydrogens (tertiary/aromatic N) is 3. The molecule has 1 atom stereocenters. The molecule has 0 unspecified atom stereocenters. The zero-order chi connectivity index (χ0) is 34.8. The quantitative estimate of drug-likeness (QED) is 0.159. The minimum absolute atomic E-state index is 0.0336. The number of carbonyl (C=O) groups excluding carboxylic acids is 2. The number of methoxy groups -OCH3 is 1. The maximum Gasteiger partial charge on any atom is 0.416 e. The van der Waals surface area contributed by atoms with Gasteiger partial charge in [0.1, 0.15) is 23.2 Å². The van der Waals surface area contributed by atoms with Crippen molar-refractivity contribution in [3.05, 3.63) is 76.4 Å². The van der Waals surface area contributed by atoms with Crippen LogP contribution in [-0.2, 0) is 31.2 Å². The number of alkyl halides is 3. The SMILES string of the molecule is COC(=O)c1sc(-n2cnc3ccc(CS(=O)(=O)C4CCN(C(=O)OCC(C)C)CC4)cc32)cc1O[C@H](C)c1ccccc1C(F)(F)F. The summed E-state index contributed by atoms with van der Waals surface area (Å²) in [6.07, 6.45) is -3.98. The Morgan fingerprint density at radius 2 is 1.77 bits per heavy atom. The lowest BCUT2D eigenvalue weighted by atomic mass is 10.0. The van der Waals surface area contributed by atoms with Crippen LogP contribution < -0.4 is 4.74 Å². The standard InChI is InChI=1S/C33H36F3N3O7S2/c1-20(2)17-45-32(41)38-13-11-23(12-14-38)48(42,43)18-22-9-10-26-27(15-22)39(19-37-26)29-16-28(30(47-29)31(40)44-4)46-21(3)24-7-5-6-8-25(24)33(34,35)36/h5-10,15-16,19-21,23H,11-14,17-18H2,1-4H3/t21-/m1/s1. The molecule has 3 heterocycles. The van der Waals surface area contributed by atoms with Gasteiger partial charge in [-0.1, -0.05) is 38.1 Å². The number of piperidine rings is 1. The van der Waals surface area contributed by atoms with Gasteiger partial charge in [-0.2, -0.15) is 13.2 Å². The molecule has 258 valence electrons. The third kappa shape index (κ3) is 7.78. The number of benzene rings is 2. The molecule has 1 amide bonds. The summed E-state index contributed by atoms with van der Waals surface area (Å²) in [5, 5.41) is -0.155. The van der Waals surface area contributed by atoms with Crippen molar-refractivity contribution < 1.29 is 45.4 Å². The summed E-state index contributed by atoms with van der Waals surface area (Å²) in [5.74, 6) is -0.720. The van der Waals surface area contributed by atoms with Crippen molar-refractivity contribution in [3.63, 3.8) is 0 Å². The Kier molecular flexibility index (Phi) is 10.4. The first-order valence-corrected chi connectivity index (χ1v) is 17.9. The highest BCUT2D eigenvalue weighted by Crippen LogP contribution is 2.40. The molecule has 0 bridgehead atoms. The second-order valence-electron chi connectivity index (χ2n) is 12.0. The summed E-state index contributed by atoms with van der Waals surface area (Å²) in [4.78, 5) is 31.0. The molecule has 0 N–H and O–H groups in total. The fourth-order valence-electron chi connectivity index (χ4n) is 5.56. The number of thiophene rings is 1. The van der Waals surface area contributed by atoms with E-state index >= 15 is 0 Å². The van der Waals surface area contributed by atoms with Gasteiger partial charge in [-0.15, -0.1) is 11.3 Å². The number of fused-ring (bicyclic) bond motifs is 1. The van der Waals surface area contributed by atoms with Crippen LogP contribution in [-0.4, -0.2) is 67.0 Å². The van der Waals surface area contributed by atoms with E-state index in [-0.39, 0.29) is 27.9 Å². The predicted molar refractivity (Wildman–Crippen MR) is 174 cm³/mol. The van der Waals surface area contributed by atoms with Gasteiger partial charge < -0.3 is 19.1 Å². The third-order valence-electron chi connectivity index (χ3n) is 8.03. The van der Waals surface area contributed by atoms with Crippen molar-refractivity contribution in [1.82, 2.24) is 14.5 Å². The largest absolute Gasteiger partial charge is 0.484 e. The Hall–Kier alpha value is -4.11. The van der Waals surface area contributed by atoms with Crippen molar-refractivity contribution >= 4 is 44.3 Å². The van der Waals surface area contributed by atoms with Crippen molar-refractivity contribution in [2.75, 3.05) is 26.8 Å². The number of amides is 1. The maximum atomic E-state index is 13.7. The molecule has 10 nitrogen and oxygen atoms in total. The Balaban J connectivity index is 1.37. The normalized spacial score (nSPS) is 15.1. The average Bonchev–Trinajstić information content (AvgIpc) is 3.66. The van der Waals surface area contributed by atoms with Crippen LogP contribution in [0.5, 0.6) is 5.75 Å². The number of aromatic nitrogens is 2. The van der Waals surface area contributed by atoms with Crippen molar-refractivity contribution in [3.8, 4) is 10.8 Å². The van der Waals surface area contributed by atoms with Crippen LogP contribution in [0.4, 0.5) is 18.0 Å². The summed E-state index contributed by atoms with van der Waals surface area (Å²) in [6.45, 7) is 6.22. The number of halogens is 3. The minimum Gasteiger partial charge on any atom is -0.484 e. The van der Waals surface area contributed by atoms with Crippen molar-refractivity contribution in [2.45, 2.75) is 56.9 Å². The van der Waals surface area contributed by atoms with Crippen LogP contribution in [0.15, 0.2) is 54.9 Å². The first kappa shape index (κ1) is 35.2. The second-order valence-corrected chi connectivity index (χ2v) is 15.3. The smallest absolute Gasteiger partial charge is 0.416 e. The topological polar surface area (TPSA) is 117 Å². The monoisotopic (exact) mass is 707 g/mol. The van der Waals surface area contributed by atoms with Gasteiger partial charge in [0.2, 0.25) is 0 Å². The van der Waals surface area contributed by atoms with Crippen LogP contribution in [0.1, 0.15) is 66.1 Å². The number of carbonyl (C=O) groups is 2. The van der Waals surface area contributed by atoms with Crippen LogP contribution in [0.3, 0.4) is 0 Å². The van der Waals surface area contributed by atoms with Gasteiger partial charge in [0.05, 0.1) is 41.3 Å². The summed E-state index contributed by atoms with van der Waals surface area (Å²) in [5.41, 5.74) is 0.716. The van der Waals surface area contributed by atoms with E-state index in [1.807, 2.05) is 13.8 Å². The molecule has 5 rings (SSSR count). The van der Waals surface area contributed by atoms with Gasteiger partial charge in [-0.25, -0.2) is 23.0 Å². The highest BCUT2D eigenvalue weighted by atomic mass is 32.2. The number of sulfone groups is 1. The Labute approximate surface area is 280 Å². The molecular formula is C33H36F3N3O7S2. The van der Waals surface area contributed by atoms with E-state index in [2.05, 4.69) is 4.98 Å². The number of imidazole rings is 1. The van der Waals surface area contributed by atoms with E-state index in [9.17, 15) is 31.2 Å². The van der Waals surface area contributed by atoms with Gasteiger partial charge in [0.15, 0.2) is 14.7 Å². The van der Waals surface area contributed by atoms with Gasteiger partial charge >= 0.3 is 18.2 Å². The number of likely N-dealkylation sites (tertiary alicyclic amines) is 1. The van der Waals surface area contributed by atoms with Crippen molar-refractivity contribution in [2.24, 2.45) is 5.92 Å². The van der Waals surface area contributed by atoms with Gasteiger partial charge in [0.25, 0.3) is 0 Å². The Morgan fingerprint density at radius 1 is 1.06 bits per heavy atom. The molecule has 1 aliphatic heterocycles. The van der Waals surface area contributed by atoms with E-state index in [1.54, 1.807) is 22.8 Å². The maximum absolute atomic E-state index is 13.7. The molecule has 1 fully saturated rings. The zero-order valence-corrected chi connectivity index (χ0v) is 28.5. The summed E-state index contributed by atoms with van der Waals surface area (Å²) >= 11 is 1.00. The van der Waals surface area contributed by atoms with Crippen LogP contribution in [0.25, 0.3) is 16.0 Å². The lowest BCUT2D eigenvalue weighted by Crippen LogP contribution is -2.43. The van der Waals surface area contributed by atoms with Gasteiger partial charge in [0, 0.05) is 24.7 Å². The Bertz CT molecular complexity index is 1900. The molecule has 1 aliphatic rings.